The average molecular weight is 302 g/mol. The molecule has 9 heteroatoms. The monoisotopic (exact) mass is 302 g/mol. The molecule has 0 nitrogen and oxygen atoms in total. The van der Waals surface area contributed by atoms with Crippen molar-refractivity contribution in [2.75, 3.05) is 0 Å². The van der Waals surface area contributed by atoms with Gasteiger partial charge >= 0.3 is 23.9 Å². The molecule has 0 rings (SSSR count). The van der Waals surface area contributed by atoms with Gasteiger partial charge in [0, 0.05) is 0 Å². The van der Waals surface area contributed by atoms with E-state index in [2.05, 4.69) is 0 Å². The van der Waals surface area contributed by atoms with Crippen molar-refractivity contribution in [3.05, 3.63) is 11.6 Å². The zero-order valence-electron chi connectivity index (χ0n) is 9.89. The SMILES string of the molecule is CCCC=C(C)C(F)(F)C(F)(F)C(F)(F)C(F)(F)F. The number of unbranched alkanes of at least 4 members (excludes halogenated alkanes) is 1. The van der Waals surface area contributed by atoms with Gasteiger partial charge in [-0.2, -0.15) is 39.5 Å². The van der Waals surface area contributed by atoms with E-state index in [1.165, 1.54) is 6.92 Å². The Morgan fingerprint density at radius 2 is 1.26 bits per heavy atom. The zero-order chi connectivity index (χ0) is 15.7. The van der Waals surface area contributed by atoms with Gasteiger partial charge in [0.15, 0.2) is 0 Å². The molecule has 0 spiro atoms. The van der Waals surface area contributed by atoms with E-state index in [9.17, 15) is 39.5 Å². The summed E-state index contributed by atoms with van der Waals surface area (Å²) in [6.45, 7) is 1.88. The molecule has 0 aromatic rings. The quantitative estimate of drug-likeness (QED) is 0.483. The number of hydrogen-bond donors (Lipinski definition) is 0. The number of rotatable bonds is 5. The Kier molecular flexibility index (Phi) is 4.99. The van der Waals surface area contributed by atoms with E-state index < -0.39 is 29.5 Å². The van der Waals surface area contributed by atoms with Crippen LogP contribution in [-0.2, 0) is 0 Å². The second kappa shape index (κ2) is 5.24. The summed E-state index contributed by atoms with van der Waals surface area (Å²) in [5, 5.41) is 0. The molecule has 0 aromatic carbocycles. The lowest BCUT2D eigenvalue weighted by Gasteiger charge is -2.34. The summed E-state index contributed by atoms with van der Waals surface area (Å²) in [5.41, 5.74) is -1.52. The van der Waals surface area contributed by atoms with Crippen molar-refractivity contribution < 1.29 is 39.5 Å². The molecule has 0 saturated carbocycles. The van der Waals surface area contributed by atoms with Crippen LogP contribution in [0, 0.1) is 0 Å². The lowest BCUT2D eigenvalue weighted by molar-refractivity contribution is -0.389. The van der Waals surface area contributed by atoms with E-state index >= 15 is 0 Å². The van der Waals surface area contributed by atoms with Crippen LogP contribution in [0.1, 0.15) is 26.7 Å². The molecule has 0 radical (unpaired) electrons. The smallest absolute Gasteiger partial charge is 0.194 e. The third-order valence-corrected chi connectivity index (χ3v) is 2.38. The summed E-state index contributed by atoms with van der Waals surface area (Å²) < 4.78 is 112. The molecule has 0 amide bonds. The second-order valence-electron chi connectivity index (χ2n) is 3.90. The lowest BCUT2D eigenvalue weighted by Crippen LogP contribution is -2.61. The van der Waals surface area contributed by atoms with Gasteiger partial charge in [0.2, 0.25) is 0 Å². The van der Waals surface area contributed by atoms with Crippen LogP contribution < -0.4 is 0 Å². The van der Waals surface area contributed by atoms with E-state index in [0.29, 0.717) is 13.0 Å². The maximum absolute atomic E-state index is 13.1. The van der Waals surface area contributed by atoms with E-state index in [4.69, 9.17) is 0 Å². The second-order valence-corrected chi connectivity index (χ2v) is 3.90. The number of halogens is 9. The minimum Gasteiger partial charge on any atom is -0.194 e. The van der Waals surface area contributed by atoms with Gasteiger partial charge in [0.1, 0.15) is 0 Å². The fraction of sp³-hybridized carbons (Fsp3) is 0.800. The van der Waals surface area contributed by atoms with Crippen molar-refractivity contribution in [2.24, 2.45) is 0 Å². The Morgan fingerprint density at radius 3 is 1.58 bits per heavy atom. The zero-order valence-corrected chi connectivity index (χ0v) is 9.89. The first-order valence-electron chi connectivity index (χ1n) is 5.10. The molecule has 0 N–H and O–H groups in total. The van der Waals surface area contributed by atoms with Gasteiger partial charge in [0.05, 0.1) is 0 Å². The first kappa shape index (κ1) is 18.1. The molecule has 0 heterocycles. The molecular formula is C10H11F9. The summed E-state index contributed by atoms with van der Waals surface area (Å²) in [6.07, 6.45) is -6.16. The fourth-order valence-corrected chi connectivity index (χ4v) is 1.11. The highest BCUT2D eigenvalue weighted by atomic mass is 19.4. The molecule has 0 saturated heterocycles. The Morgan fingerprint density at radius 1 is 0.842 bits per heavy atom. The molecule has 0 aliphatic heterocycles. The Labute approximate surface area is 103 Å². The van der Waals surface area contributed by atoms with Crippen molar-refractivity contribution in [3.63, 3.8) is 0 Å². The van der Waals surface area contributed by atoms with Crippen LogP contribution in [0.25, 0.3) is 0 Å². The summed E-state index contributed by atoms with van der Waals surface area (Å²) in [7, 11) is 0. The maximum atomic E-state index is 13.1. The topological polar surface area (TPSA) is 0 Å². The Bertz CT molecular complexity index is 337. The van der Waals surface area contributed by atoms with Gasteiger partial charge in [-0.1, -0.05) is 19.4 Å². The van der Waals surface area contributed by atoms with Crippen LogP contribution in [0.3, 0.4) is 0 Å². The fourth-order valence-electron chi connectivity index (χ4n) is 1.11. The number of hydrogen-bond acceptors (Lipinski definition) is 0. The molecule has 0 atom stereocenters. The van der Waals surface area contributed by atoms with Gasteiger partial charge in [-0.05, 0) is 18.9 Å². The summed E-state index contributed by atoms with van der Waals surface area (Å²) in [6, 6.07) is 0. The first-order chi connectivity index (χ1) is 8.23. The minimum absolute atomic E-state index is 0.144. The van der Waals surface area contributed by atoms with Crippen LogP contribution in [0.15, 0.2) is 11.6 Å². The third kappa shape index (κ3) is 3.00. The van der Waals surface area contributed by atoms with Crippen molar-refractivity contribution >= 4 is 0 Å². The normalized spacial score (nSPS) is 15.8. The molecule has 0 aromatic heterocycles. The highest BCUT2D eigenvalue weighted by molar-refractivity contribution is 5.18. The molecule has 0 aliphatic rings. The van der Waals surface area contributed by atoms with Crippen molar-refractivity contribution in [1.29, 1.82) is 0 Å². The molecule has 0 fully saturated rings. The van der Waals surface area contributed by atoms with Gasteiger partial charge in [0.25, 0.3) is 0 Å². The third-order valence-electron chi connectivity index (χ3n) is 2.38. The highest BCUT2D eigenvalue weighted by Crippen LogP contribution is 2.55. The highest BCUT2D eigenvalue weighted by Gasteiger charge is 2.81. The van der Waals surface area contributed by atoms with Crippen molar-refractivity contribution in [1.82, 2.24) is 0 Å². The van der Waals surface area contributed by atoms with E-state index in [1.807, 2.05) is 0 Å². The van der Waals surface area contributed by atoms with Crippen molar-refractivity contribution in [2.45, 2.75) is 50.6 Å². The van der Waals surface area contributed by atoms with Gasteiger partial charge in [-0.15, -0.1) is 0 Å². The number of allylic oxidation sites excluding steroid dienone is 2. The molecule has 0 bridgehead atoms. The van der Waals surface area contributed by atoms with E-state index in [0.717, 1.165) is 0 Å². The summed E-state index contributed by atoms with van der Waals surface area (Å²) >= 11 is 0. The molecule has 0 aliphatic carbocycles. The predicted octanol–water partition coefficient (Wildman–Crippen LogP) is 5.20. The predicted molar refractivity (Wildman–Crippen MR) is 49.6 cm³/mol. The molecular weight excluding hydrogens is 291 g/mol. The summed E-state index contributed by atoms with van der Waals surface area (Å²) in [4.78, 5) is 0. The minimum atomic E-state index is -6.83. The molecule has 0 unspecified atom stereocenters. The standard InChI is InChI=1S/C10H11F9/c1-3-4-5-6(2)7(11,12)8(13,14)9(15,16)10(17,18)19/h5H,3-4H2,1-2H3. The molecule has 19 heavy (non-hydrogen) atoms. The van der Waals surface area contributed by atoms with Crippen LogP contribution >= 0.6 is 0 Å². The lowest BCUT2D eigenvalue weighted by atomic mass is 9.97. The van der Waals surface area contributed by atoms with Crippen LogP contribution in [0.5, 0.6) is 0 Å². The average Bonchev–Trinajstić information content (AvgIpc) is 2.23. The van der Waals surface area contributed by atoms with Crippen LogP contribution in [0.4, 0.5) is 39.5 Å². The van der Waals surface area contributed by atoms with Gasteiger partial charge in [-0.25, -0.2) is 0 Å². The van der Waals surface area contributed by atoms with E-state index in [-0.39, 0.29) is 12.8 Å². The molecule has 114 valence electrons. The Hall–Kier alpha value is -0.890. The van der Waals surface area contributed by atoms with Crippen LogP contribution in [-0.4, -0.2) is 23.9 Å². The Balaban J connectivity index is 5.64. The van der Waals surface area contributed by atoms with Gasteiger partial charge in [-0.3, -0.25) is 0 Å². The van der Waals surface area contributed by atoms with Crippen molar-refractivity contribution in [3.8, 4) is 0 Å². The number of alkyl halides is 9. The first-order valence-corrected chi connectivity index (χ1v) is 5.10. The van der Waals surface area contributed by atoms with Gasteiger partial charge < -0.3 is 0 Å². The summed E-state index contributed by atoms with van der Waals surface area (Å²) in [5.74, 6) is -19.0. The largest absolute Gasteiger partial charge is 0.460 e. The maximum Gasteiger partial charge on any atom is 0.460 e. The van der Waals surface area contributed by atoms with Crippen LogP contribution in [0.2, 0.25) is 0 Å². The van der Waals surface area contributed by atoms with E-state index in [1.54, 1.807) is 0 Å².